The van der Waals surface area contributed by atoms with Gasteiger partial charge in [-0.3, -0.25) is 0 Å². The second-order valence-electron chi connectivity index (χ2n) is 5.47. The first-order chi connectivity index (χ1) is 9.46. The van der Waals surface area contributed by atoms with E-state index in [1.807, 2.05) is 13.8 Å². The van der Waals surface area contributed by atoms with E-state index in [2.05, 4.69) is 24.5 Å². The molecule has 0 aromatic rings. The largest absolute Gasteiger partial charge is 0.480 e. The first-order valence-corrected chi connectivity index (χ1v) is 7.73. The fourth-order valence-electron chi connectivity index (χ4n) is 2.06. The maximum absolute atomic E-state index is 11.8. The molecule has 0 bridgehead atoms. The van der Waals surface area contributed by atoms with Gasteiger partial charge in [0.25, 0.3) is 0 Å². The standard InChI is InChI=1S/C15H30N2O3/c1-5-8-9-12(7-3)10-16-15(20)17-13(14(18)19)11(4)6-2/h11-13H,5-10H2,1-4H3,(H,18,19)(H2,16,17,20)/t11?,12?,13-/m0/s1. The molecular formula is C15H30N2O3. The molecule has 0 aliphatic carbocycles. The molecule has 0 aliphatic rings. The quantitative estimate of drug-likeness (QED) is 0.577. The summed E-state index contributed by atoms with van der Waals surface area (Å²) >= 11 is 0. The fraction of sp³-hybridized carbons (Fsp3) is 0.867. The van der Waals surface area contributed by atoms with Crippen molar-refractivity contribution in [3.63, 3.8) is 0 Å². The predicted octanol–water partition coefficient (Wildman–Crippen LogP) is 3.00. The highest BCUT2D eigenvalue weighted by Gasteiger charge is 2.25. The van der Waals surface area contributed by atoms with Crippen LogP contribution in [-0.4, -0.2) is 29.7 Å². The molecule has 0 rings (SSSR count). The van der Waals surface area contributed by atoms with Crippen molar-refractivity contribution in [1.29, 1.82) is 0 Å². The van der Waals surface area contributed by atoms with Crippen LogP contribution in [0.5, 0.6) is 0 Å². The molecule has 0 spiro atoms. The van der Waals surface area contributed by atoms with E-state index in [1.54, 1.807) is 0 Å². The third-order valence-corrected chi connectivity index (χ3v) is 3.86. The Labute approximate surface area is 122 Å². The number of carbonyl (C=O) groups excluding carboxylic acids is 1. The summed E-state index contributed by atoms with van der Waals surface area (Å²) in [6.07, 6.45) is 5.14. The monoisotopic (exact) mass is 286 g/mol. The fourth-order valence-corrected chi connectivity index (χ4v) is 2.06. The number of carbonyl (C=O) groups is 2. The van der Waals surface area contributed by atoms with Gasteiger partial charge in [-0.05, 0) is 18.3 Å². The lowest BCUT2D eigenvalue weighted by Gasteiger charge is -2.21. The van der Waals surface area contributed by atoms with Gasteiger partial charge in [-0.2, -0.15) is 0 Å². The Kier molecular flexibility index (Phi) is 9.86. The Balaban J connectivity index is 4.21. The maximum Gasteiger partial charge on any atom is 0.326 e. The van der Waals surface area contributed by atoms with Gasteiger partial charge in [0, 0.05) is 6.54 Å². The van der Waals surface area contributed by atoms with E-state index in [4.69, 9.17) is 5.11 Å². The number of carboxylic acid groups (broad SMARTS) is 1. The summed E-state index contributed by atoms with van der Waals surface area (Å²) < 4.78 is 0. The van der Waals surface area contributed by atoms with E-state index in [0.29, 0.717) is 18.9 Å². The number of amides is 2. The third kappa shape index (κ3) is 7.36. The average Bonchev–Trinajstić information content (AvgIpc) is 2.43. The Morgan fingerprint density at radius 1 is 1.15 bits per heavy atom. The Bertz CT molecular complexity index is 295. The second kappa shape index (κ2) is 10.5. The molecule has 0 aromatic heterocycles. The van der Waals surface area contributed by atoms with Gasteiger partial charge >= 0.3 is 12.0 Å². The molecule has 0 aromatic carbocycles. The highest BCUT2D eigenvalue weighted by atomic mass is 16.4. The Morgan fingerprint density at radius 2 is 1.80 bits per heavy atom. The zero-order valence-corrected chi connectivity index (χ0v) is 13.2. The van der Waals surface area contributed by atoms with Gasteiger partial charge in [-0.25, -0.2) is 9.59 Å². The third-order valence-electron chi connectivity index (χ3n) is 3.86. The molecular weight excluding hydrogens is 256 g/mol. The maximum atomic E-state index is 11.8. The molecule has 5 heteroatoms. The van der Waals surface area contributed by atoms with Gasteiger partial charge in [-0.1, -0.05) is 53.4 Å². The number of carboxylic acids is 1. The van der Waals surface area contributed by atoms with Gasteiger partial charge < -0.3 is 15.7 Å². The first-order valence-electron chi connectivity index (χ1n) is 7.73. The lowest BCUT2D eigenvalue weighted by Crippen LogP contribution is -2.49. The van der Waals surface area contributed by atoms with Crippen LogP contribution in [0.15, 0.2) is 0 Å². The molecule has 0 radical (unpaired) electrons. The van der Waals surface area contributed by atoms with Crippen molar-refractivity contribution >= 4 is 12.0 Å². The predicted molar refractivity (Wildman–Crippen MR) is 80.7 cm³/mol. The van der Waals surface area contributed by atoms with Crippen LogP contribution in [0.1, 0.15) is 59.8 Å². The van der Waals surface area contributed by atoms with Crippen LogP contribution in [0.4, 0.5) is 4.79 Å². The van der Waals surface area contributed by atoms with Crippen LogP contribution in [0.2, 0.25) is 0 Å². The van der Waals surface area contributed by atoms with Crippen LogP contribution in [-0.2, 0) is 4.79 Å². The summed E-state index contributed by atoms with van der Waals surface area (Å²) in [6.45, 7) is 8.61. The molecule has 2 unspecified atom stereocenters. The topological polar surface area (TPSA) is 78.4 Å². The summed E-state index contributed by atoms with van der Waals surface area (Å²) in [5, 5.41) is 14.5. The molecule has 118 valence electrons. The zero-order chi connectivity index (χ0) is 15.5. The molecule has 0 aliphatic heterocycles. The van der Waals surface area contributed by atoms with Crippen molar-refractivity contribution in [2.45, 2.75) is 65.8 Å². The molecule has 0 fully saturated rings. The number of urea groups is 1. The van der Waals surface area contributed by atoms with Crippen molar-refractivity contribution < 1.29 is 14.7 Å². The summed E-state index contributed by atoms with van der Waals surface area (Å²) in [5.41, 5.74) is 0. The number of nitrogens with one attached hydrogen (secondary N) is 2. The number of hydrogen-bond donors (Lipinski definition) is 3. The Hall–Kier alpha value is -1.26. The number of rotatable bonds is 10. The lowest BCUT2D eigenvalue weighted by molar-refractivity contribution is -0.140. The van der Waals surface area contributed by atoms with Crippen molar-refractivity contribution in [1.82, 2.24) is 10.6 Å². The van der Waals surface area contributed by atoms with E-state index >= 15 is 0 Å². The normalized spacial score (nSPS) is 15.2. The molecule has 3 N–H and O–H groups in total. The van der Waals surface area contributed by atoms with Crippen LogP contribution in [0.3, 0.4) is 0 Å². The molecule has 0 heterocycles. The summed E-state index contributed by atoms with van der Waals surface area (Å²) in [4.78, 5) is 22.9. The lowest BCUT2D eigenvalue weighted by atomic mass is 9.99. The van der Waals surface area contributed by atoms with Crippen molar-refractivity contribution in [3.05, 3.63) is 0 Å². The molecule has 0 saturated heterocycles. The number of unbranched alkanes of at least 4 members (excludes halogenated alkanes) is 1. The van der Waals surface area contributed by atoms with Crippen molar-refractivity contribution in [2.75, 3.05) is 6.54 Å². The zero-order valence-electron chi connectivity index (χ0n) is 13.2. The molecule has 5 nitrogen and oxygen atoms in total. The summed E-state index contributed by atoms with van der Waals surface area (Å²) in [7, 11) is 0. The minimum Gasteiger partial charge on any atom is -0.480 e. The van der Waals surface area contributed by atoms with Gasteiger partial charge in [0.2, 0.25) is 0 Å². The summed E-state index contributed by atoms with van der Waals surface area (Å²) in [5.74, 6) is -0.597. The smallest absolute Gasteiger partial charge is 0.326 e. The number of aliphatic carboxylic acids is 1. The van der Waals surface area contributed by atoms with E-state index in [1.165, 1.54) is 0 Å². The van der Waals surface area contributed by atoms with Crippen LogP contribution >= 0.6 is 0 Å². The van der Waals surface area contributed by atoms with Gasteiger partial charge in [0.05, 0.1) is 0 Å². The minimum atomic E-state index is -0.979. The van der Waals surface area contributed by atoms with Crippen LogP contribution in [0, 0.1) is 11.8 Å². The second-order valence-corrected chi connectivity index (χ2v) is 5.47. The molecule has 0 saturated carbocycles. The molecule has 20 heavy (non-hydrogen) atoms. The SMILES string of the molecule is CCCCC(CC)CNC(=O)N[C@H](C(=O)O)C(C)CC. The molecule has 2 amide bonds. The highest BCUT2D eigenvalue weighted by molar-refractivity contribution is 5.82. The summed E-state index contributed by atoms with van der Waals surface area (Å²) in [6, 6.07) is -1.21. The van der Waals surface area contributed by atoms with E-state index < -0.39 is 12.0 Å². The van der Waals surface area contributed by atoms with Gasteiger partial charge in [0.15, 0.2) is 0 Å². The number of hydrogen-bond acceptors (Lipinski definition) is 2. The molecule has 3 atom stereocenters. The Morgan fingerprint density at radius 3 is 2.25 bits per heavy atom. The van der Waals surface area contributed by atoms with E-state index in [-0.39, 0.29) is 11.9 Å². The highest BCUT2D eigenvalue weighted by Crippen LogP contribution is 2.11. The van der Waals surface area contributed by atoms with E-state index in [9.17, 15) is 9.59 Å². The van der Waals surface area contributed by atoms with Crippen LogP contribution < -0.4 is 10.6 Å². The first kappa shape index (κ1) is 18.7. The van der Waals surface area contributed by atoms with Crippen LogP contribution in [0.25, 0.3) is 0 Å². The average molecular weight is 286 g/mol. The van der Waals surface area contributed by atoms with Crippen molar-refractivity contribution in [2.24, 2.45) is 11.8 Å². The van der Waals surface area contributed by atoms with Gasteiger partial charge in [0.1, 0.15) is 6.04 Å². The van der Waals surface area contributed by atoms with Gasteiger partial charge in [-0.15, -0.1) is 0 Å². The minimum absolute atomic E-state index is 0.0830. The van der Waals surface area contributed by atoms with Crippen molar-refractivity contribution in [3.8, 4) is 0 Å². The van der Waals surface area contributed by atoms with E-state index in [0.717, 1.165) is 25.7 Å².